The summed E-state index contributed by atoms with van der Waals surface area (Å²) in [6.07, 6.45) is 0. The highest BCUT2D eigenvalue weighted by atomic mass is 32.2. The molecule has 0 spiro atoms. The van der Waals surface area contributed by atoms with E-state index >= 15 is 0 Å². The Labute approximate surface area is 174 Å². The van der Waals surface area contributed by atoms with Crippen LogP contribution in [0, 0.1) is 0 Å². The topological polar surface area (TPSA) is 93.7 Å². The predicted molar refractivity (Wildman–Crippen MR) is 115 cm³/mol. The lowest BCUT2D eigenvalue weighted by atomic mass is 9.87. The number of rotatable bonds is 7. The summed E-state index contributed by atoms with van der Waals surface area (Å²) in [5.74, 6) is -0.0585. The van der Waals surface area contributed by atoms with E-state index in [4.69, 9.17) is 5.14 Å². The number of carbonyl (C=O) groups is 1. The average molecular weight is 419 g/mol. The predicted octanol–water partition coefficient (Wildman–Crippen LogP) is 1.52. The molecule has 2 rings (SSSR count). The number of nitrogens with two attached hydrogens (primary N) is 1. The summed E-state index contributed by atoms with van der Waals surface area (Å²) in [6.45, 7) is 9.54. The molecule has 1 unspecified atom stereocenters. The molecule has 29 heavy (non-hydrogen) atoms. The number of hydrogen-bond acceptors (Lipinski definition) is 3. The molecule has 0 aliphatic carbocycles. The number of benzene rings is 2. The van der Waals surface area contributed by atoms with Crippen LogP contribution in [0.2, 0.25) is 0 Å². The molecule has 4 N–H and O–H groups in total. The Morgan fingerprint density at radius 1 is 1.07 bits per heavy atom. The molecule has 0 radical (unpaired) electrons. The second-order valence-electron chi connectivity index (χ2n) is 8.66. The summed E-state index contributed by atoms with van der Waals surface area (Å²) in [4.78, 5) is 13.5. The van der Waals surface area contributed by atoms with E-state index in [0.717, 1.165) is 17.0 Å². The Kier molecular flexibility index (Phi) is 7.21. The zero-order valence-corrected chi connectivity index (χ0v) is 18.6. The number of carbonyl (C=O) groups excluding carboxylic acids is 1. The zero-order chi connectivity index (χ0) is 21.8. The van der Waals surface area contributed by atoms with E-state index in [0.29, 0.717) is 6.54 Å². The van der Waals surface area contributed by atoms with Crippen molar-refractivity contribution in [1.82, 2.24) is 5.32 Å². The highest BCUT2D eigenvalue weighted by molar-refractivity contribution is 7.89. The quantitative estimate of drug-likeness (QED) is 0.636. The molecule has 158 valence electrons. The number of amides is 1. The Hall–Kier alpha value is -2.22. The lowest BCUT2D eigenvalue weighted by molar-refractivity contribution is -0.885. The van der Waals surface area contributed by atoms with Crippen molar-refractivity contribution in [3.8, 4) is 0 Å². The SMILES string of the molecule is C[C@@H](NC(=O)C[NH+](C)Cc1ccc(C(C)(C)C)cc1)c1ccc(S(N)(=O)=O)cc1. The molecular weight excluding hydrogens is 386 g/mol. The van der Waals surface area contributed by atoms with Crippen molar-refractivity contribution in [2.75, 3.05) is 13.6 Å². The molecule has 6 nitrogen and oxygen atoms in total. The summed E-state index contributed by atoms with van der Waals surface area (Å²) >= 11 is 0. The third-order valence-electron chi connectivity index (χ3n) is 4.87. The van der Waals surface area contributed by atoms with E-state index in [-0.39, 0.29) is 22.3 Å². The number of likely N-dealkylation sites (N-methyl/N-ethyl adjacent to an activating group) is 1. The fourth-order valence-corrected chi connectivity index (χ4v) is 3.65. The van der Waals surface area contributed by atoms with E-state index in [2.05, 4.69) is 50.4 Å². The molecular formula is C22H32N3O3S+. The van der Waals surface area contributed by atoms with Gasteiger partial charge in [0, 0.05) is 5.56 Å². The Bertz CT molecular complexity index is 931. The highest BCUT2D eigenvalue weighted by Gasteiger charge is 2.16. The van der Waals surface area contributed by atoms with Gasteiger partial charge in [0.05, 0.1) is 18.0 Å². The van der Waals surface area contributed by atoms with Gasteiger partial charge in [-0.05, 0) is 35.6 Å². The number of primary sulfonamides is 1. The van der Waals surface area contributed by atoms with Gasteiger partial charge < -0.3 is 10.2 Å². The van der Waals surface area contributed by atoms with Crippen LogP contribution in [0.4, 0.5) is 0 Å². The second kappa shape index (κ2) is 9.07. The van der Waals surface area contributed by atoms with Crippen molar-refractivity contribution in [2.45, 2.75) is 50.6 Å². The zero-order valence-electron chi connectivity index (χ0n) is 17.8. The number of nitrogens with one attached hydrogen (secondary N) is 2. The van der Waals surface area contributed by atoms with E-state index in [9.17, 15) is 13.2 Å². The molecule has 2 atom stereocenters. The summed E-state index contributed by atoms with van der Waals surface area (Å²) in [5, 5.41) is 8.07. The standard InChI is InChI=1S/C22H31N3O3S/c1-16(18-8-12-20(13-9-18)29(23,27)28)24-21(26)15-25(5)14-17-6-10-19(11-7-17)22(2,3)4/h6-13,16H,14-15H2,1-5H3,(H,24,26)(H2,23,27,28)/p+1/t16-/m1/s1. The van der Waals surface area contributed by atoms with Gasteiger partial charge in [-0.1, -0.05) is 57.2 Å². The summed E-state index contributed by atoms with van der Waals surface area (Å²) in [7, 11) is -1.73. The Balaban J connectivity index is 1.89. The molecule has 7 heteroatoms. The van der Waals surface area contributed by atoms with E-state index in [1.165, 1.54) is 23.3 Å². The lowest BCUT2D eigenvalue weighted by Gasteiger charge is -2.20. The molecule has 0 heterocycles. The first kappa shape index (κ1) is 23.1. The molecule has 0 saturated heterocycles. The van der Waals surface area contributed by atoms with Crippen molar-refractivity contribution in [3.63, 3.8) is 0 Å². The number of sulfonamides is 1. The molecule has 0 aliphatic heterocycles. The smallest absolute Gasteiger partial charge is 0.275 e. The van der Waals surface area contributed by atoms with Crippen LogP contribution in [0.1, 0.15) is 50.4 Å². The fraction of sp³-hybridized carbons (Fsp3) is 0.409. The van der Waals surface area contributed by atoms with Crippen molar-refractivity contribution in [2.24, 2.45) is 5.14 Å². The Morgan fingerprint density at radius 3 is 2.10 bits per heavy atom. The molecule has 0 aromatic heterocycles. The summed E-state index contributed by atoms with van der Waals surface area (Å²) < 4.78 is 22.7. The van der Waals surface area contributed by atoms with Crippen molar-refractivity contribution < 1.29 is 18.1 Å². The molecule has 0 saturated carbocycles. The van der Waals surface area contributed by atoms with Crippen LogP contribution in [0.25, 0.3) is 0 Å². The lowest BCUT2D eigenvalue weighted by Crippen LogP contribution is -3.08. The van der Waals surface area contributed by atoms with Crippen LogP contribution in [-0.2, 0) is 26.8 Å². The molecule has 0 aliphatic rings. The highest BCUT2D eigenvalue weighted by Crippen LogP contribution is 2.22. The number of quaternary nitrogens is 1. The molecule has 0 bridgehead atoms. The molecule has 2 aromatic rings. The van der Waals surface area contributed by atoms with E-state index in [1.54, 1.807) is 12.1 Å². The van der Waals surface area contributed by atoms with Gasteiger partial charge in [-0.2, -0.15) is 0 Å². The first-order chi connectivity index (χ1) is 13.4. The summed E-state index contributed by atoms with van der Waals surface area (Å²) in [6, 6.07) is 14.5. The first-order valence-electron chi connectivity index (χ1n) is 9.69. The van der Waals surface area contributed by atoms with Crippen molar-refractivity contribution >= 4 is 15.9 Å². The van der Waals surface area contributed by atoms with Crippen LogP contribution in [-0.4, -0.2) is 27.9 Å². The van der Waals surface area contributed by atoms with Gasteiger partial charge in [-0.15, -0.1) is 0 Å². The maximum absolute atomic E-state index is 12.4. The maximum Gasteiger partial charge on any atom is 0.275 e. The minimum absolute atomic E-state index is 0.0569. The monoisotopic (exact) mass is 418 g/mol. The van der Waals surface area contributed by atoms with Gasteiger partial charge >= 0.3 is 0 Å². The van der Waals surface area contributed by atoms with Crippen LogP contribution in [0.15, 0.2) is 53.4 Å². The minimum Gasteiger partial charge on any atom is -0.345 e. The first-order valence-corrected chi connectivity index (χ1v) is 11.2. The van der Waals surface area contributed by atoms with Crippen LogP contribution in [0.3, 0.4) is 0 Å². The van der Waals surface area contributed by atoms with E-state index in [1.807, 2.05) is 14.0 Å². The normalized spacial score (nSPS) is 14.3. The van der Waals surface area contributed by atoms with Crippen molar-refractivity contribution in [3.05, 3.63) is 65.2 Å². The third-order valence-corrected chi connectivity index (χ3v) is 5.80. The van der Waals surface area contributed by atoms with Gasteiger partial charge in [0.2, 0.25) is 10.0 Å². The van der Waals surface area contributed by atoms with Gasteiger partial charge in [0.1, 0.15) is 6.54 Å². The second-order valence-corrected chi connectivity index (χ2v) is 10.2. The number of hydrogen-bond donors (Lipinski definition) is 3. The molecule has 0 fully saturated rings. The maximum atomic E-state index is 12.4. The molecule has 2 aromatic carbocycles. The van der Waals surface area contributed by atoms with Gasteiger partial charge in [-0.3, -0.25) is 4.79 Å². The van der Waals surface area contributed by atoms with Crippen molar-refractivity contribution in [1.29, 1.82) is 0 Å². The average Bonchev–Trinajstić information content (AvgIpc) is 2.60. The van der Waals surface area contributed by atoms with Gasteiger partial charge in [-0.25, -0.2) is 13.6 Å². The van der Waals surface area contributed by atoms with Crippen LogP contribution in [0.5, 0.6) is 0 Å². The third kappa shape index (κ3) is 6.96. The molecule has 1 amide bonds. The fourth-order valence-electron chi connectivity index (χ4n) is 3.13. The van der Waals surface area contributed by atoms with Gasteiger partial charge in [0.15, 0.2) is 6.54 Å². The Morgan fingerprint density at radius 2 is 1.62 bits per heavy atom. The van der Waals surface area contributed by atoms with E-state index < -0.39 is 10.0 Å². The van der Waals surface area contributed by atoms with Crippen LogP contribution >= 0.6 is 0 Å². The van der Waals surface area contributed by atoms with Crippen LogP contribution < -0.4 is 15.4 Å². The minimum atomic E-state index is -3.72. The van der Waals surface area contributed by atoms with Gasteiger partial charge in [0.25, 0.3) is 5.91 Å². The summed E-state index contributed by atoms with van der Waals surface area (Å²) in [5.41, 5.74) is 3.43. The largest absolute Gasteiger partial charge is 0.345 e.